The molecule has 0 saturated heterocycles. The Labute approximate surface area is 161 Å². The zero-order chi connectivity index (χ0) is 19.5. The van der Waals surface area contributed by atoms with Gasteiger partial charge in [0, 0.05) is 24.9 Å². The van der Waals surface area contributed by atoms with Gasteiger partial charge in [-0.2, -0.15) is 0 Å². The predicted octanol–water partition coefficient (Wildman–Crippen LogP) is 4.37. The number of ketones is 1. The molecule has 0 bridgehead atoms. The lowest BCUT2D eigenvalue weighted by Crippen LogP contribution is -2.22. The molecule has 7 heteroatoms. The monoisotopic (exact) mass is 389 g/mol. The van der Waals surface area contributed by atoms with Gasteiger partial charge in [-0.15, -0.1) is 22.7 Å². The maximum absolute atomic E-state index is 10.8. The highest BCUT2D eigenvalue weighted by molar-refractivity contribution is 7.13. The van der Waals surface area contributed by atoms with Crippen LogP contribution in [0.4, 0.5) is 0 Å². The third-order valence-electron chi connectivity index (χ3n) is 3.79. The molecule has 138 valence electrons. The Morgan fingerprint density at radius 2 is 1.69 bits per heavy atom. The fraction of sp³-hybridized carbons (Fsp3) is 0.368. The summed E-state index contributed by atoms with van der Waals surface area (Å²) in [5.74, 6) is 0.114. The molecule has 3 aromatic heterocycles. The van der Waals surface area contributed by atoms with Gasteiger partial charge < -0.3 is 5.11 Å². The van der Waals surface area contributed by atoms with E-state index in [1.807, 2.05) is 39.8 Å². The molecule has 0 saturated carbocycles. The fourth-order valence-corrected chi connectivity index (χ4v) is 4.43. The van der Waals surface area contributed by atoms with E-state index >= 15 is 0 Å². The highest BCUT2D eigenvalue weighted by Crippen LogP contribution is 2.34. The second-order valence-electron chi connectivity index (χ2n) is 6.16. The number of hydrogen-bond acceptors (Lipinski definition) is 7. The van der Waals surface area contributed by atoms with Crippen LogP contribution in [0.2, 0.25) is 0 Å². The largest absolute Gasteiger partial charge is 0.380 e. The number of aliphatic hydroxyl groups is 1. The van der Waals surface area contributed by atoms with Crippen molar-refractivity contribution in [2.24, 2.45) is 0 Å². The lowest BCUT2D eigenvalue weighted by molar-refractivity contribution is 0.101. The predicted molar refractivity (Wildman–Crippen MR) is 106 cm³/mol. The van der Waals surface area contributed by atoms with Crippen LogP contribution in [-0.2, 0) is 5.60 Å². The topological polar surface area (TPSA) is 76.0 Å². The molecule has 0 amide bonds. The van der Waals surface area contributed by atoms with E-state index in [4.69, 9.17) is 0 Å². The molecule has 0 aromatic carbocycles. The van der Waals surface area contributed by atoms with Crippen LogP contribution in [0.25, 0.3) is 0 Å². The van der Waals surface area contributed by atoms with E-state index in [0.29, 0.717) is 0 Å². The minimum atomic E-state index is -1.01. The van der Waals surface area contributed by atoms with E-state index < -0.39 is 5.60 Å². The Balaban J connectivity index is 0.000000209. The molecule has 1 N–H and O–H groups in total. The Kier molecular flexibility index (Phi) is 6.39. The number of carbonyl (C=O) groups excluding carboxylic acids is 1. The third kappa shape index (κ3) is 4.60. The summed E-state index contributed by atoms with van der Waals surface area (Å²) in [7, 11) is 0. The molecule has 0 aliphatic rings. The summed E-state index contributed by atoms with van der Waals surface area (Å²) in [6.45, 7) is 11.0. The standard InChI is InChI=1S/C12H14N2OS.C7H9NOS/c1-8-11(16-9(2)14-8)12(3,15)10-5-4-6-13-7-10;1-4-7(5(2)9)10-6(3)8-4/h4-7,15H,1-3H3;1-3H3. The van der Waals surface area contributed by atoms with Crippen LogP contribution in [0, 0.1) is 27.7 Å². The molecule has 26 heavy (non-hydrogen) atoms. The number of carbonyl (C=O) groups is 1. The summed E-state index contributed by atoms with van der Waals surface area (Å²) in [6, 6.07) is 3.70. The van der Waals surface area contributed by atoms with Crippen molar-refractivity contribution in [2.75, 3.05) is 0 Å². The SMILES string of the molecule is CC(=O)c1sc(C)nc1C.Cc1nc(C)c(C(C)(O)c2cccnc2)s1. The number of aryl methyl sites for hydroxylation is 4. The van der Waals surface area contributed by atoms with E-state index in [-0.39, 0.29) is 5.78 Å². The summed E-state index contributed by atoms with van der Waals surface area (Å²) < 4.78 is 0. The van der Waals surface area contributed by atoms with E-state index in [0.717, 1.165) is 36.7 Å². The van der Waals surface area contributed by atoms with Crippen molar-refractivity contribution in [1.82, 2.24) is 15.0 Å². The van der Waals surface area contributed by atoms with Crippen molar-refractivity contribution in [3.63, 3.8) is 0 Å². The molecular formula is C19H23N3O2S2. The fourth-order valence-electron chi connectivity index (χ4n) is 2.62. The van der Waals surface area contributed by atoms with Crippen molar-refractivity contribution < 1.29 is 9.90 Å². The molecule has 0 aliphatic heterocycles. The Bertz CT molecular complexity index is 899. The average molecular weight is 390 g/mol. The number of thiazole rings is 2. The highest BCUT2D eigenvalue weighted by Gasteiger charge is 2.30. The summed E-state index contributed by atoms with van der Waals surface area (Å²) in [6.07, 6.45) is 3.39. The summed E-state index contributed by atoms with van der Waals surface area (Å²) in [4.78, 5) is 25.0. The van der Waals surface area contributed by atoms with Crippen LogP contribution in [0.5, 0.6) is 0 Å². The van der Waals surface area contributed by atoms with Crippen LogP contribution >= 0.6 is 22.7 Å². The highest BCUT2D eigenvalue weighted by atomic mass is 32.1. The second kappa shape index (κ2) is 8.16. The maximum atomic E-state index is 10.8. The molecular weight excluding hydrogens is 366 g/mol. The minimum Gasteiger partial charge on any atom is -0.380 e. The van der Waals surface area contributed by atoms with Gasteiger partial charge in [-0.3, -0.25) is 9.78 Å². The number of rotatable bonds is 3. The molecule has 1 atom stereocenters. The maximum Gasteiger partial charge on any atom is 0.171 e. The van der Waals surface area contributed by atoms with E-state index in [1.54, 1.807) is 26.2 Å². The molecule has 5 nitrogen and oxygen atoms in total. The Morgan fingerprint density at radius 3 is 2.08 bits per heavy atom. The number of Topliss-reactive ketones (excluding diaryl/α,β-unsaturated/α-hetero) is 1. The number of pyridine rings is 1. The Morgan fingerprint density at radius 1 is 1.08 bits per heavy atom. The number of nitrogens with zero attached hydrogens (tertiary/aromatic N) is 3. The molecule has 0 radical (unpaired) electrons. The molecule has 1 unspecified atom stereocenters. The zero-order valence-electron chi connectivity index (χ0n) is 15.8. The number of hydrogen-bond donors (Lipinski definition) is 1. The van der Waals surface area contributed by atoms with Gasteiger partial charge >= 0.3 is 0 Å². The quantitative estimate of drug-likeness (QED) is 0.673. The van der Waals surface area contributed by atoms with Gasteiger partial charge in [-0.25, -0.2) is 9.97 Å². The molecule has 0 spiro atoms. The van der Waals surface area contributed by atoms with Crippen LogP contribution in [-0.4, -0.2) is 25.8 Å². The normalized spacial score (nSPS) is 12.9. The zero-order valence-corrected chi connectivity index (χ0v) is 17.5. The van der Waals surface area contributed by atoms with Crippen molar-refractivity contribution in [3.05, 3.63) is 61.2 Å². The summed E-state index contributed by atoms with van der Waals surface area (Å²) in [5, 5.41) is 12.5. The van der Waals surface area contributed by atoms with Gasteiger partial charge in [-0.05, 0) is 40.7 Å². The van der Waals surface area contributed by atoms with Crippen LogP contribution in [0.15, 0.2) is 24.5 Å². The van der Waals surface area contributed by atoms with Gasteiger partial charge in [0.15, 0.2) is 5.78 Å². The van der Waals surface area contributed by atoms with Gasteiger partial charge in [0.25, 0.3) is 0 Å². The number of aromatic nitrogens is 3. The van der Waals surface area contributed by atoms with E-state index in [9.17, 15) is 9.90 Å². The van der Waals surface area contributed by atoms with E-state index in [1.165, 1.54) is 22.7 Å². The first-order valence-electron chi connectivity index (χ1n) is 8.15. The molecule has 3 rings (SSSR count). The minimum absolute atomic E-state index is 0.114. The van der Waals surface area contributed by atoms with Gasteiger partial charge in [-0.1, -0.05) is 6.07 Å². The molecule has 0 aliphatic carbocycles. The Hall–Kier alpha value is -1.96. The van der Waals surface area contributed by atoms with E-state index in [2.05, 4.69) is 15.0 Å². The lowest BCUT2D eigenvalue weighted by Gasteiger charge is -2.22. The molecule has 3 heterocycles. The van der Waals surface area contributed by atoms with Gasteiger partial charge in [0.1, 0.15) is 5.60 Å². The molecule has 0 fully saturated rings. The van der Waals surface area contributed by atoms with Crippen molar-refractivity contribution in [3.8, 4) is 0 Å². The second-order valence-corrected chi connectivity index (χ2v) is 8.57. The first-order valence-corrected chi connectivity index (χ1v) is 9.78. The van der Waals surface area contributed by atoms with Gasteiger partial charge in [0.05, 0.1) is 31.2 Å². The van der Waals surface area contributed by atoms with Crippen LogP contribution in [0.3, 0.4) is 0 Å². The average Bonchev–Trinajstić information content (AvgIpc) is 3.10. The van der Waals surface area contributed by atoms with Gasteiger partial charge in [0.2, 0.25) is 0 Å². The lowest BCUT2D eigenvalue weighted by atomic mass is 9.95. The van der Waals surface area contributed by atoms with Crippen LogP contribution in [0.1, 0.15) is 55.4 Å². The van der Waals surface area contributed by atoms with Crippen molar-refractivity contribution in [1.29, 1.82) is 0 Å². The third-order valence-corrected chi connectivity index (χ3v) is 6.25. The molecule has 3 aromatic rings. The first-order chi connectivity index (χ1) is 12.1. The smallest absolute Gasteiger partial charge is 0.171 e. The van der Waals surface area contributed by atoms with Crippen molar-refractivity contribution in [2.45, 2.75) is 47.1 Å². The summed E-state index contributed by atoms with van der Waals surface area (Å²) in [5.41, 5.74) is 1.53. The summed E-state index contributed by atoms with van der Waals surface area (Å²) >= 11 is 2.99. The first kappa shape index (κ1) is 20.4. The van der Waals surface area contributed by atoms with Crippen LogP contribution < -0.4 is 0 Å². The van der Waals surface area contributed by atoms with Crippen molar-refractivity contribution >= 4 is 28.5 Å².